The fourth-order valence-corrected chi connectivity index (χ4v) is 2.52. The zero-order chi connectivity index (χ0) is 14.1. The van der Waals surface area contributed by atoms with Crippen molar-refractivity contribution in [2.45, 2.75) is 32.5 Å². The number of aromatic nitrogens is 3. The summed E-state index contributed by atoms with van der Waals surface area (Å²) in [6, 6.07) is 5.76. The zero-order valence-corrected chi connectivity index (χ0v) is 12.1. The first-order valence-electron chi connectivity index (χ1n) is 6.78. The number of hydrogen-bond acceptors (Lipinski definition) is 4. The number of nitrogens with zero attached hydrogens (tertiary/aromatic N) is 4. The number of aliphatic hydroxyl groups excluding tert-OH is 1. The number of hydrogen-bond donors (Lipinski definition) is 1. The van der Waals surface area contributed by atoms with Gasteiger partial charge in [0.1, 0.15) is 5.82 Å². The fraction of sp³-hybridized carbons (Fsp3) is 0.429. The van der Waals surface area contributed by atoms with Crippen LogP contribution in [0.2, 0.25) is 5.02 Å². The SMILES string of the molecule is CC[C@@H](O)c1cc2n(n1)CCN(c1ccc(Cl)cn1)C2. The molecule has 0 aromatic carbocycles. The topological polar surface area (TPSA) is 54.2 Å². The molecule has 0 amide bonds. The predicted octanol–water partition coefficient (Wildman–Crippen LogP) is 2.40. The van der Waals surface area contributed by atoms with Crippen LogP contribution in [-0.2, 0) is 13.1 Å². The largest absolute Gasteiger partial charge is 0.387 e. The van der Waals surface area contributed by atoms with Gasteiger partial charge in [-0.25, -0.2) is 4.98 Å². The molecule has 1 atom stereocenters. The van der Waals surface area contributed by atoms with Gasteiger partial charge in [-0.15, -0.1) is 0 Å². The molecule has 0 saturated heterocycles. The van der Waals surface area contributed by atoms with Crippen LogP contribution in [-0.4, -0.2) is 26.4 Å². The highest BCUT2D eigenvalue weighted by Crippen LogP contribution is 2.23. The third-order valence-electron chi connectivity index (χ3n) is 3.58. The molecule has 5 nitrogen and oxygen atoms in total. The molecule has 0 bridgehead atoms. The first-order valence-corrected chi connectivity index (χ1v) is 7.16. The molecule has 2 aromatic heterocycles. The van der Waals surface area contributed by atoms with Crippen molar-refractivity contribution in [1.82, 2.24) is 14.8 Å². The number of fused-ring (bicyclic) bond motifs is 1. The summed E-state index contributed by atoms with van der Waals surface area (Å²) in [6.45, 7) is 4.35. The summed E-state index contributed by atoms with van der Waals surface area (Å²) < 4.78 is 1.97. The molecule has 3 heterocycles. The Kier molecular flexibility index (Phi) is 3.63. The summed E-state index contributed by atoms with van der Waals surface area (Å²) in [7, 11) is 0. The van der Waals surface area contributed by atoms with Crippen molar-refractivity contribution in [2.24, 2.45) is 0 Å². The van der Waals surface area contributed by atoms with E-state index >= 15 is 0 Å². The monoisotopic (exact) mass is 292 g/mol. The Balaban J connectivity index is 1.81. The van der Waals surface area contributed by atoms with Crippen molar-refractivity contribution in [1.29, 1.82) is 0 Å². The number of anilines is 1. The van der Waals surface area contributed by atoms with Crippen LogP contribution in [0.15, 0.2) is 24.4 Å². The molecule has 106 valence electrons. The first-order chi connectivity index (χ1) is 9.67. The second kappa shape index (κ2) is 5.42. The molecule has 0 aliphatic carbocycles. The van der Waals surface area contributed by atoms with Crippen molar-refractivity contribution in [3.8, 4) is 0 Å². The van der Waals surface area contributed by atoms with Crippen LogP contribution < -0.4 is 4.90 Å². The van der Waals surface area contributed by atoms with Crippen LogP contribution in [0.5, 0.6) is 0 Å². The van der Waals surface area contributed by atoms with Gasteiger partial charge in [-0.2, -0.15) is 5.10 Å². The van der Waals surface area contributed by atoms with Crippen LogP contribution in [0.4, 0.5) is 5.82 Å². The molecule has 1 aliphatic rings. The van der Waals surface area contributed by atoms with Gasteiger partial charge in [0.05, 0.1) is 35.6 Å². The average Bonchev–Trinajstić information content (AvgIpc) is 2.90. The van der Waals surface area contributed by atoms with E-state index in [9.17, 15) is 5.11 Å². The molecule has 2 aromatic rings. The molecule has 0 saturated carbocycles. The molecule has 0 fully saturated rings. The Morgan fingerprint density at radius 3 is 2.95 bits per heavy atom. The lowest BCUT2D eigenvalue weighted by Gasteiger charge is -2.28. The van der Waals surface area contributed by atoms with Crippen LogP contribution in [0.1, 0.15) is 30.8 Å². The van der Waals surface area contributed by atoms with E-state index in [1.165, 1.54) is 0 Å². The minimum absolute atomic E-state index is 0.477. The van der Waals surface area contributed by atoms with Gasteiger partial charge in [0.2, 0.25) is 0 Å². The van der Waals surface area contributed by atoms with E-state index in [1.807, 2.05) is 29.8 Å². The van der Waals surface area contributed by atoms with E-state index < -0.39 is 6.10 Å². The van der Waals surface area contributed by atoms with E-state index in [2.05, 4.69) is 15.0 Å². The Hall–Kier alpha value is -1.59. The summed E-state index contributed by atoms with van der Waals surface area (Å²) in [5.74, 6) is 0.916. The number of halogens is 1. The van der Waals surface area contributed by atoms with Crippen LogP contribution >= 0.6 is 11.6 Å². The highest BCUT2D eigenvalue weighted by Gasteiger charge is 2.21. The third-order valence-corrected chi connectivity index (χ3v) is 3.80. The van der Waals surface area contributed by atoms with Crippen molar-refractivity contribution < 1.29 is 5.11 Å². The van der Waals surface area contributed by atoms with E-state index in [4.69, 9.17) is 11.6 Å². The lowest BCUT2D eigenvalue weighted by molar-refractivity contribution is 0.168. The molecular formula is C14H17ClN4O. The van der Waals surface area contributed by atoms with Gasteiger partial charge >= 0.3 is 0 Å². The normalized spacial score (nSPS) is 16.1. The summed E-state index contributed by atoms with van der Waals surface area (Å²) in [5.41, 5.74) is 1.86. The molecule has 0 radical (unpaired) electrons. The summed E-state index contributed by atoms with van der Waals surface area (Å²) in [4.78, 5) is 6.54. The Labute approximate surface area is 122 Å². The maximum atomic E-state index is 9.88. The molecule has 1 N–H and O–H groups in total. The number of rotatable bonds is 3. The van der Waals surface area contributed by atoms with Crippen molar-refractivity contribution in [3.63, 3.8) is 0 Å². The van der Waals surface area contributed by atoms with Gasteiger partial charge in [0.15, 0.2) is 0 Å². The smallest absolute Gasteiger partial charge is 0.128 e. The van der Waals surface area contributed by atoms with Gasteiger partial charge in [-0.3, -0.25) is 4.68 Å². The molecule has 6 heteroatoms. The van der Waals surface area contributed by atoms with Gasteiger partial charge in [0, 0.05) is 12.7 Å². The Morgan fingerprint density at radius 1 is 1.40 bits per heavy atom. The summed E-state index contributed by atoms with van der Waals surface area (Å²) >= 11 is 5.86. The van der Waals surface area contributed by atoms with Crippen molar-refractivity contribution in [2.75, 3.05) is 11.4 Å². The maximum absolute atomic E-state index is 9.88. The standard InChI is InChI=1S/C14H17ClN4O/c1-2-13(20)12-7-11-9-18(5-6-19(11)17-12)14-4-3-10(15)8-16-14/h3-4,7-8,13,20H,2,5-6,9H2,1H3/t13-/m1/s1. The van der Waals surface area contributed by atoms with E-state index in [1.54, 1.807) is 6.20 Å². The average molecular weight is 293 g/mol. The second-order valence-corrected chi connectivity index (χ2v) is 5.40. The van der Waals surface area contributed by atoms with Gasteiger partial charge in [0.25, 0.3) is 0 Å². The van der Waals surface area contributed by atoms with E-state index in [0.717, 1.165) is 36.8 Å². The third kappa shape index (κ3) is 2.51. The molecule has 0 unspecified atom stereocenters. The second-order valence-electron chi connectivity index (χ2n) is 4.96. The van der Waals surface area contributed by atoms with Crippen LogP contribution in [0.25, 0.3) is 0 Å². The fourth-order valence-electron chi connectivity index (χ4n) is 2.41. The van der Waals surface area contributed by atoms with Crippen LogP contribution in [0, 0.1) is 0 Å². The number of aliphatic hydroxyl groups is 1. The molecular weight excluding hydrogens is 276 g/mol. The van der Waals surface area contributed by atoms with Gasteiger partial charge in [-0.1, -0.05) is 18.5 Å². The minimum Gasteiger partial charge on any atom is -0.387 e. The molecule has 20 heavy (non-hydrogen) atoms. The Bertz CT molecular complexity index is 596. The van der Waals surface area contributed by atoms with E-state index in [-0.39, 0.29) is 0 Å². The molecule has 0 spiro atoms. The van der Waals surface area contributed by atoms with Gasteiger partial charge < -0.3 is 10.0 Å². The predicted molar refractivity (Wildman–Crippen MR) is 77.8 cm³/mol. The Morgan fingerprint density at radius 2 is 2.25 bits per heavy atom. The lowest BCUT2D eigenvalue weighted by Crippen LogP contribution is -2.34. The first kappa shape index (κ1) is 13.4. The summed E-state index contributed by atoms with van der Waals surface area (Å²) in [5, 5.41) is 15.0. The highest BCUT2D eigenvalue weighted by molar-refractivity contribution is 6.30. The van der Waals surface area contributed by atoms with E-state index in [0.29, 0.717) is 11.4 Å². The molecule has 3 rings (SSSR count). The quantitative estimate of drug-likeness (QED) is 0.944. The maximum Gasteiger partial charge on any atom is 0.128 e. The minimum atomic E-state index is -0.477. The van der Waals surface area contributed by atoms with Gasteiger partial charge in [-0.05, 0) is 24.6 Å². The summed E-state index contributed by atoms with van der Waals surface area (Å²) in [6.07, 6.45) is 1.86. The number of pyridine rings is 1. The lowest BCUT2D eigenvalue weighted by atomic mass is 10.2. The highest BCUT2D eigenvalue weighted by atomic mass is 35.5. The van der Waals surface area contributed by atoms with Crippen molar-refractivity contribution >= 4 is 17.4 Å². The zero-order valence-electron chi connectivity index (χ0n) is 11.3. The van der Waals surface area contributed by atoms with Crippen LogP contribution in [0.3, 0.4) is 0 Å². The van der Waals surface area contributed by atoms with Crippen molar-refractivity contribution in [3.05, 3.63) is 40.8 Å². The molecule has 1 aliphatic heterocycles.